The first kappa shape index (κ1) is 20.8. The van der Waals surface area contributed by atoms with Gasteiger partial charge >= 0.3 is 0 Å². The third-order valence-electron chi connectivity index (χ3n) is 4.36. The fourth-order valence-corrected chi connectivity index (χ4v) is 3.71. The van der Waals surface area contributed by atoms with E-state index in [1.807, 2.05) is 7.05 Å². The molecular formula is C18H18ClN5O4S. The van der Waals surface area contributed by atoms with Crippen molar-refractivity contribution in [2.75, 3.05) is 12.4 Å². The van der Waals surface area contributed by atoms with Gasteiger partial charge in [-0.05, 0) is 36.9 Å². The van der Waals surface area contributed by atoms with E-state index in [0.29, 0.717) is 10.8 Å². The van der Waals surface area contributed by atoms with Crippen molar-refractivity contribution in [3.8, 4) is 0 Å². The Morgan fingerprint density at radius 2 is 1.90 bits per heavy atom. The molecule has 152 valence electrons. The quantitative estimate of drug-likeness (QED) is 0.434. The molecule has 0 fully saturated rings. The maximum absolute atomic E-state index is 12.0. The van der Waals surface area contributed by atoms with Gasteiger partial charge in [0.15, 0.2) is 0 Å². The molecule has 1 heterocycles. The SMILES string of the molecule is CNS(=O)(=O)c1ccc(N[C@H](c2ccc(Cl)cc2)c2nccn2C)c([N+](=O)[O-])c1. The van der Waals surface area contributed by atoms with Crippen LogP contribution >= 0.6 is 11.6 Å². The summed E-state index contributed by atoms with van der Waals surface area (Å²) in [6.07, 6.45) is 3.38. The molecule has 2 N–H and O–H groups in total. The minimum atomic E-state index is -3.82. The summed E-state index contributed by atoms with van der Waals surface area (Å²) in [6.45, 7) is 0. The normalized spacial score (nSPS) is 12.5. The number of nitrogens with zero attached hydrogens (tertiary/aromatic N) is 3. The summed E-state index contributed by atoms with van der Waals surface area (Å²) >= 11 is 5.98. The lowest BCUT2D eigenvalue weighted by atomic mass is 10.1. The summed E-state index contributed by atoms with van der Waals surface area (Å²) in [5, 5.41) is 15.3. The fraction of sp³-hybridized carbons (Fsp3) is 0.167. The van der Waals surface area contributed by atoms with E-state index in [1.165, 1.54) is 19.2 Å². The number of aromatic nitrogens is 2. The fourth-order valence-electron chi connectivity index (χ4n) is 2.83. The molecule has 0 aliphatic rings. The second-order valence-electron chi connectivity index (χ2n) is 6.17. The number of hydrogen-bond acceptors (Lipinski definition) is 6. The third-order valence-corrected chi connectivity index (χ3v) is 6.03. The van der Waals surface area contributed by atoms with Gasteiger partial charge in [0.25, 0.3) is 5.69 Å². The van der Waals surface area contributed by atoms with E-state index in [4.69, 9.17) is 11.6 Å². The molecular weight excluding hydrogens is 418 g/mol. The zero-order valence-corrected chi connectivity index (χ0v) is 17.1. The number of halogens is 1. The van der Waals surface area contributed by atoms with Crippen LogP contribution in [-0.2, 0) is 17.1 Å². The number of nitro benzene ring substituents is 1. The maximum atomic E-state index is 12.0. The summed E-state index contributed by atoms with van der Waals surface area (Å²) in [6, 6.07) is 10.2. The molecule has 0 unspecified atom stereocenters. The summed E-state index contributed by atoms with van der Waals surface area (Å²) in [5.74, 6) is 0.619. The molecule has 0 bridgehead atoms. The molecule has 0 saturated carbocycles. The van der Waals surface area contributed by atoms with Gasteiger partial charge in [-0.15, -0.1) is 0 Å². The zero-order chi connectivity index (χ0) is 21.2. The number of benzene rings is 2. The zero-order valence-electron chi connectivity index (χ0n) is 15.5. The van der Waals surface area contributed by atoms with E-state index < -0.39 is 21.0 Å². The molecule has 11 heteroatoms. The molecule has 0 aliphatic heterocycles. The predicted octanol–water partition coefficient (Wildman–Crippen LogP) is 3.09. The van der Waals surface area contributed by atoms with E-state index in [-0.39, 0.29) is 16.3 Å². The van der Waals surface area contributed by atoms with Crippen molar-refractivity contribution in [2.24, 2.45) is 7.05 Å². The Hall–Kier alpha value is -2.95. The van der Waals surface area contributed by atoms with Crippen LogP contribution in [0.2, 0.25) is 5.02 Å². The lowest BCUT2D eigenvalue weighted by molar-refractivity contribution is -0.384. The highest BCUT2D eigenvalue weighted by Gasteiger charge is 2.25. The van der Waals surface area contributed by atoms with Crippen molar-refractivity contribution in [2.45, 2.75) is 10.9 Å². The van der Waals surface area contributed by atoms with E-state index in [1.54, 1.807) is 41.2 Å². The van der Waals surface area contributed by atoms with E-state index in [0.717, 1.165) is 11.6 Å². The van der Waals surface area contributed by atoms with Crippen LogP contribution in [0.1, 0.15) is 17.4 Å². The van der Waals surface area contributed by atoms with Crippen LogP contribution in [-0.4, -0.2) is 29.9 Å². The van der Waals surface area contributed by atoms with Crippen LogP contribution in [0.5, 0.6) is 0 Å². The Balaban J connectivity index is 2.09. The van der Waals surface area contributed by atoms with E-state index >= 15 is 0 Å². The Kier molecular flexibility index (Phi) is 5.87. The predicted molar refractivity (Wildman–Crippen MR) is 109 cm³/mol. The van der Waals surface area contributed by atoms with Crippen molar-refractivity contribution in [1.82, 2.24) is 14.3 Å². The van der Waals surface area contributed by atoms with Gasteiger partial charge in [0.2, 0.25) is 10.0 Å². The molecule has 0 saturated heterocycles. The Labute approximate surface area is 172 Å². The maximum Gasteiger partial charge on any atom is 0.293 e. The molecule has 0 aliphatic carbocycles. The first-order valence-corrected chi connectivity index (χ1v) is 10.3. The molecule has 9 nitrogen and oxygen atoms in total. The molecule has 3 rings (SSSR count). The number of nitro groups is 1. The van der Waals surface area contributed by atoms with Crippen LogP contribution in [0.15, 0.2) is 59.8 Å². The van der Waals surface area contributed by atoms with E-state index in [9.17, 15) is 18.5 Å². The van der Waals surface area contributed by atoms with Crippen molar-refractivity contribution in [1.29, 1.82) is 0 Å². The van der Waals surface area contributed by atoms with Gasteiger partial charge in [-0.1, -0.05) is 23.7 Å². The smallest absolute Gasteiger partial charge is 0.293 e. The van der Waals surface area contributed by atoms with Crippen LogP contribution in [0.3, 0.4) is 0 Å². The Morgan fingerprint density at radius 1 is 1.21 bits per heavy atom. The number of nitrogens with one attached hydrogen (secondary N) is 2. The summed E-state index contributed by atoms with van der Waals surface area (Å²) in [7, 11) is -0.769. The minimum absolute atomic E-state index is 0.160. The van der Waals surface area contributed by atoms with Gasteiger partial charge in [0, 0.05) is 30.5 Å². The van der Waals surface area contributed by atoms with Gasteiger partial charge in [-0.2, -0.15) is 0 Å². The molecule has 3 aromatic rings. The highest BCUT2D eigenvalue weighted by Crippen LogP contribution is 2.33. The largest absolute Gasteiger partial charge is 0.366 e. The van der Waals surface area contributed by atoms with Crippen LogP contribution in [0.25, 0.3) is 0 Å². The van der Waals surface area contributed by atoms with Gasteiger partial charge in [0.1, 0.15) is 17.6 Å². The van der Waals surface area contributed by atoms with Crippen molar-refractivity contribution in [3.05, 3.63) is 81.4 Å². The van der Waals surface area contributed by atoms with Gasteiger partial charge in [-0.3, -0.25) is 10.1 Å². The number of hydrogen-bond donors (Lipinski definition) is 2. The van der Waals surface area contributed by atoms with Crippen molar-refractivity contribution in [3.63, 3.8) is 0 Å². The number of sulfonamides is 1. The summed E-state index contributed by atoms with van der Waals surface area (Å²) < 4.78 is 28.0. The van der Waals surface area contributed by atoms with Gasteiger partial charge in [0.05, 0.1) is 9.82 Å². The Morgan fingerprint density at radius 3 is 2.45 bits per heavy atom. The number of imidazole rings is 1. The summed E-state index contributed by atoms with van der Waals surface area (Å²) in [5.41, 5.74) is 0.576. The lowest BCUT2D eigenvalue weighted by Gasteiger charge is -2.20. The van der Waals surface area contributed by atoms with E-state index in [2.05, 4.69) is 15.0 Å². The molecule has 0 radical (unpaired) electrons. The second kappa shape index (κ2) is 8.19. The number of aryl methyl sites for hydroxylation is 1. The number of rotatable bonds is 7. The van der Waals surface area contributed by atoms with Crippen LogP contribution < -0.4 is 10.0 Å². The molecule has 1 atom stereocenters. The molecule has 0 spiro atoms. The third kappa shape index (κ3) is 4.39. The second-order valence-corrected chi connectivity index (χ2v) is 8.49. The molecule has 0 amide bonds. The highest BCUT2D eigenvalue weighted by atomic mass is 35.5. The van der Waals surface area contributed by atoms with Crippen LogP contribution in [0.4, 0.5) is 11.4 Å². The average molecular weight is 436 g/mol. The number of anilines is 1. The monoisotopic (exact) mass is 435 g/mol. The minimum Gasteiger partial charge on any atom is -0.366 e. The average Bonchev–Trinajstić information content (AvgIpc) is 3.12. The van der Waals surface area contributed by atoms with Gasteiger partial charge < -0.3 is 9.88 Å². The first-order chi connectivity index (χ1) is 13.7. The highest BCUT2D eigenvalue weighted by molar-refractivity contribution is 7.89. The van der Waals surface area contributed by atoms with Gasteiger partial charge in [-0.25, -0.2) is 18.1 Å². The van der Waals surface area contributed by atoms with Crippen molar-refractivity contribution >= 4 is 33.0 Å². The Bertz CT molecular complexity index is 1150. The summed E-state index contributed by atoms with van der Waals surface area (Å²) in [4.78, 5) is 15.1. The van der Waals surface area contributed by atoms with Crippen LogP contribution in [0, 0.1) is 10.1 Å². The molecule has 1 aromatic heterocycles. The lowest BCUT2D eigenvalue weighted by Crippen LogP contribution is -2.20. The molecule has 29 heavy (non-hydrogen) atoms. The topological polar surface area (TPSA) is 119 Å². The first-order valence-electron chi connectivity index (χ1n) is 8.44. The molecule has 2 aromatic carbocycles. The standard InChI is InChI=1S/C18H18ClN5O4S/c1-20-29(27,28)14-7-8-15(16(11-14)24(25)26)22-17(18-21-9-10-23(18)2)12-3-5-13(19)6-4-12/h3-11,17,20,22H,1-2H3/t17-/m1/s1. The van der Waals surface area contributed by atoms with Crippen molar-refractivity contribution < 1.29 is 13.3 Å².